The zero-order chi connectivity index (χ0) is 23.3. The lowest BCUT2D eigenvalue weighted by atomic mass is 9.97. The fourth-order valence-corrected chi connectivity index (χ4v) is 5.08. The summed E-state index contributed by atoms with van der Waals surface area (Å²) in [4.78, 5) is 28.1. The van der Waals surface area contributed by atoms with Crippen LogP contribution in [0.5, 0.6) is 0 Å². The molecule has 1 aromatic heterocycles. The summed E-state index contributed by atoms with van der Waals surface area (Å²) in [6, 6.07) is 7.81. The van der Waals surface area contributed by atoms with E-state index >= 15 is 0 Å². The summed E-state index contributed by atoms with van der Waals surface area (Å²) in [6.45, 7) is 2.47. The zero-order valence-electron chi connectivity index (χ0n) is 18.3. The van der Waals surface area contributed by atoms with Crippen LogP contribution < -0.4 is 0 Å². The van der Waals surface area contributed by atoms with Crippen molar-refractivity contribution in [1.29, 1.82) is 0 Å². The first-order valence-electron chi connectivity index (χ1n) is 10.2. The van der Waals surface area contributed by atoms with Crippen LogP contribution in [0.1, 0.15) is 24.6 Å². The van der Waals surface area contributed by atoms with Gasteiger partial charge in [0, 0.05) is 33.8 Å². The lowest BCUT2D eigenvalue weighted by molar-refractivity contribution is -0.139. The summed E-state index contributed by atoms with van der Waals surface area (Å²) in [5, 5.41) is 11.0. The van der Waals surface area contributed by atoms with Gasteiger partial charge in [-0.25, -0.2) is 9.59 Å². The predicted molar refractivity (Wildman–Crippen MR) is 126 cm³/mol. The molecular formula is C24H26ClNO5S. The van der Waals surface area contributed by atoms with Crippen molar-refractivity contribution in [3.8, 4) is 0 Å². The van der Waals surface area contributed by atoms with Crippen LogP contribution >= 0.6 is 22.9 Å². The van der Waals surface area contributed by atoms with Gasteiger partial charge < -0.3 is 19.5 Å². The molecular weight excluding hydrogens is 450 g/mol. The molecule has 0 fully saturated rings. The molecule has 6 nitrogen and oxygen atoms in total. The molecule has 0 spiro atoms. The van der Waals surface area contributed by atoms with Crippen molar-refractivity contribution in [2.45, 2.75) is 32.4 Å². The molecule has 0 amide bonds. The van der Waals surface area contributed by atoms with Gasteiger partial charge in [-0.3, -0.25) is 0 Å². The first kappa shape index (κ1) is 24.0. The number of hydrogen-bond donors (Lipinski definition) is 1. The number of rotatable bonds is 7. The molecule has 8 heteroatoms. The number of carbonyl (C=O) groups excluding carboxylic acids is 2. The Morgan fingerprint density at radius 2 is 1.84 bits per heavy atom. The topological polar surface area (TPSA) is 76.1 Å². The maximum absolute atomic E-state index is 12.6. The van der Waals surface area contributed by atoms with E-state index in [1.165, 1.54) is 14.2 Å². The van der Waals surface area contributed by atoms with Crippen molar-refractivity contribution in [3.63, 3.8) is 0 Å². The molecule has 32 heavy (non-hydrogen) atoms. The number of hydrogen-bond acceptors (Lipinski definition) is 7. The van der Waals surface area contributed by atoms with Crippen LogP contribution in [0.15, 0.2) is 59.3 Å². The quantitative estimate of drug-likeness (QED) is 0.589. The lowest BCUT2D eigenvalue weighted by Gasteiger charge is -2.29. The molecule has 0 radical (unpaired) electrons. The zero-order valence-corrected chi connectivity index (χ0v) is 19.8. The maximum Gasteiger partial charge on any atom is 0.340 e. The van der Waals surface area contributed by atoms with Crippen molar-refractivity contribution in [2.24, 2.45) is 0 Å². The van der Waals surface area contributed by atoms with Crippen molar-refractivity contribution in [3.05, 3.63) is 69.2 Å². The highest BCUT2D eigenvalue weighted by atomic mass is 35.5. The van der Waals surface area contributed by atoms with Gasteiger partial charge in [0.15, 0.2) is 0 Å². The molecule has 0 saturated heterocycles. The standard InChI is InChI=1S/C24H26ClNO5S/c1-15-11-16(7-6-10-27)12-18(23(28)30-2)19(24(29)31-3)13-26(15)14-21-22(25)17-8-4-5-9-20(17)32-21/h4-5,8-9,11-13,15,27H,6-7,10,14H2,1-3H3. The number of thiophene rings is 1. The van der Waals surface area contributed by atoms with Gasteiger partial charge in [0.2, 0.25) is 0 Å². The molecule has 0 bridgehead atoms. The van der Waals surface area contributed by atoms with E-state index in [4.69, 9.17) is 21.1 Å². The van der Waals surface area contributed by atoms with Crippen LogP contribution in [0, 0.1) is 0 Å². The molecule has 2 aromatic rings. The second-order valence-corrected chi connectivity index (χ2v) is 8.92. The summed E-state index contributed by atoms with van der Waals surface area (Å²) >= 11 is 8.26. The number of halogens is 1. The van der Waals surface area contributed by atoms with E-state index in [0.717, 1.165) is 20.5 Å². The van der Waals surface area contributed by atoms with Crippen molar-refractivity contribution in [1.82, 2.24) is 4.90 Å². The van der Waals surface area contributed by atoms with Gasteiger partial charge in [0.05, 0.1) is 36.9 Å². The van der Waals surface area contributed by atoms with Crippen LogP contribution in [0.2, 0.25) is 5.02 Å². The Balaban J connectivity index is 2.10. The van der Waals surface area contributed by atoms with Gasteiger partial charge in [-0.2, -0.15) is 0 Å². The smallest absolute Gasteiger partial charge is 0.340 e. The maximum atomic E-state index is 12.6. The average molecular weight is 476 g/mol. The van der Waals surface area contributed by atoms with Crippen molar-refractivity contribution in [2.75, 3.05) is 20.8 Å². The number of carbonyl (C=O) groups is 2. The average Bonchev–Trinajstić information content (AvgIpc) is 3.11. The SMILES string of the molecule is COC(=O)C1=CC(CCCO)=CC(C)N(Cc2sc3ccccc3c2Cl)C=C1C(=O)OC. The van der Waals surface area contributed by atoms with Crippen LogP contribution in [0.25, 0.3) is 10.1 Å². The Hall–Kier alpha value is -2.61. The summed E-state index contributed by atoms with van der Waals surface area (Å²) < 4.78 is 11.0. The Morgan fingerprint density at radius 3 is 2.50 bits per heavy atom. The molecule has 1 unspecified atom stereocenters. The number of allylic oxidation sites excluding steroid dienone is 2. The fourth-order valence-electron chi connectivity index (χ4n) is 3.58. The van der Waals surface area contributed by atoms with Crippen LogP contribution in [0.4, 0.5) is 0 Å². The molecule has 170 valence electrons. The number of esters is 2. The monoisotopic (exact) mass is 475 g/mol. The molecule has 0 aliphatic carbocycles. The van der Waals surface area contributed by atoms with Crippen LogP contribution in [-0.4, -0.2) is 48.8 Å². The summed E-state index contributed by atoms with van der Waals surface area (Å²) in [5.74, 6) is -1.27. The summed E-state index contributed by atoms with van der Waals surface area (Å²) in [5.41, 5.74) is 1.05. The highest BCUT2D eigenvalue weighted by Crippen LogP contribution is 2.37. The second kappa shape index (κ2) is 10.8. The molecule has 1 aliphatic heterocycles. The van der Waals surface area contributed by atoms with Gasteiger partial charge in [0.25, 0.3) is 0 Å². The Labute approximate surface area is 196 Å². The Morgan fingerprint density at radius 1 is 1.16 bits per heavy atom. The van der Waals surface area contributed by atoms with Crippen LogP contribution in [0.3, 0.4) is 0 Å². The van der Waals surface area contributed by atoms with Crippen LogP contribution in [-0.2, 0) is 25.6 Å². The van der Waals surface area contributed by atoms with E-state index in [1.54, 1.807) is 23.6 Å². The number of methoxy groups -OCH3 is 2. The second-order valence-electron chi connectivity index (χ2n) is 7.40. The molecule has 0 saturated carbocycles. The third-order valence-electron chi connectivity index (χ3n) is 5.26. The highest BCUT2D eigenvalue weighted by molar-refractivity contribution is 7.19. The summed E-state index contributed by atoms with van der Waals surface area (Å²) in [6.07, 6.45) is 6.38. The number of aliphatic hydroxyl groups excluding tert-OH is 1. The van der Waals surface area contributed by atoms with E-state index in [-0.39, 0.29) is 23.8 Å². The van der Waals surface area contributed by atoms with Crippen molar-refractivity contribution >= 4 is 45.0 Å². The first-order chi connectivity index (χ1) is 15.4. The molecule has 1 aromatic carbocycles. The van der Waals surface area contributed by atoms with Gasteiger partial charge in [-0.1, -0.05) is 35.9 Å². The minimum atomic E-state index is -0.635. The number of nitrogens with zero attached hydrogens (tertiary/aromatic N) is 1. The third-order valence-corrected chi connectivity index (χ3v) is 6.95. The predicted octanol–water partition coefficient (Wildman–Crippen LogP) is 4.61. The molecule has 1 atom stereocenters. The van der Waals surface area contributed by atoms with E-state index in [2.05, 4.69) is 0 Å². The fraction of sp³-hybridized carbons (Fsp3) is 0.333. The molecule has 3 rings (SSSR count). The normalized spacial score (nSPS) is 16.6. The van der Waals surface area contributed by atoms with E-state index in [0.29, 0.717) is 24.4 Å². The van der Waals surface area contributed by atoms with E-state index in [9.17, 15) is 14.7 Å². The van der Waals surface area contributed by atoms with E-state index in [1.807, 2.05) is 42.2 Å². The number of ether oxygens (including phenoxy) is 2. The van der Waals surface area contributed by atoms with Gasteiger partial charge in [-0.05, 0) is 37.5 Å². The van der Waals surface area contributed by atoms with E-state index < -0.39 is 11.9 Å². The largest absolute Gasteiger partial charge is 0.465 e. The molecule has 1 aliphatic rings. The Bertz CT molecular complexity index is 1100. The minimum Gasteiger partial charge on any atom is -0.465 e. The highest BCUT2D eigenvalue weighted by Gasteiger charge is 2.27. The molecule has 1 N–H and O–H groups in total. The minimum absolute atomic E-state index is 0.0217. The van der Waals surface area contributed by atoms with Gasteiger partial charge in [-0.15, -0.1) is 11.3 Å². The van der Waals surface area contributed by atoms with Gasteiger partial charge in [0.1, 0.15) is 0 Å². The first-order valence-corrected chi connectivity index (χ1v) is 11.4. The third kappa shape index (κ3) is 5.23. The molecule has 2 heterocycles. The lowest BCUT2D eigenvalue weighted by Crippen LogP contribution is -2.30. The van der Waals surface area contributed by atoms with Gasteiger partial charge >= 0.3 is 11.9 Å². The summed E-state index contributed by atoms with van der Waals surface area (Å²) in [7, 11) is 2.54. The number of benzene rings is 1. The Kier molecular flexibility index (Phi) is 8.12. The number of aliphatic hydroxyl groups is 1. The van der Waals surface area contributed by atoms with Crippen molar-refractivity contribution < 1.29 is 24.2 Å². The number of fused-ring (bicyclic) bond motifs is 1.